The van der Waals surface area contributed by atoms with Gasteiger partial charge in [-0.2, -0.15) is 0 Å². The second-order valence-electron chi connectivity index (χ2n) is 7.38. The summed E-state index contributed by atoms with van der Waals surface area (Å²) in [5.74, 6) is 0.671. The number of carbonyl (C=O) groups is 1. The van der Waals surface area contributed by atoms with Gasteiger partial charge in [0.1, 0.15) is 0 Å². The second kappa shape index (κ2) is 11.8. The lowest BCUT2D eigenvalue weighted by atomic mass is 9.91. The maximum absolute atomic E-state index is 11.6. The highest BCUT2D eigenvalue weighted by atomic mass is 16.6. The molecule has 0 bridgehead atoms. The minimum atomic E-state index is -0.706. The van der Waals surface area contributed by atoms with E-state index in [4.69, 9.17) is 4.74 Å². The van der Waals surface area contributed by atoms with E-state index in [1.54, 1.807) is 6.20 Å². The smallest absolute Gasteiger partial charge is 0.304 e. The molecule has 0 spiro atoms. The van der Waals surface area contributed by atoms with Crippen LogP contribution < -0.4 is 0 Å². The van der Waals surface area contributed by atoms with Gasteiger partial charge in [0.2, 0.25) is 0 Å². The Bertz CT molecular complexity index is 530. The van der Waals surface area contributed by atoms with Crippen molar-refractivity contribution in [3.8, 4) is 0 Å². The van der Waals surface area contributed by atoms with Crippen LogP contribution >= 0.6 is 0 Å². The van der Waals surface area contributed by atoms with E-state index < -0.39 is 5.72 Å². The maximum Gasteiger partial charge on any atom is 0.304 e. The first kappa shape index (κ1) is 24.2. The number of nitrogens with zero attached hydrogens (tertiary/aromatic N) is 1. The normalized spacial score (nSPS) is 16.0. The van der Waals surface area contributed by atoms with Gasteiger partial charge in [0, 0.05) is 19.9 Å². The van der Waals surface area contributed by atoms with Gasteiger partial charge in [-0.1, -0.05) is 66.0 Å². The molecule has 3 heteroatoms. The van der Waals surface area contributed by atoms with Crippen LogP contribution in [0, 0.1) is 11.8 Å². The zero-order chi connectivity index (χ0) is 20.3. The summed E-state index contributed by atoms with van der Waals surface area (Å²) in [5.41, 5.74) is 1.86. The van der Waals surface area contributed by atoms with Crippen molar-refractivity contribution < 1.29 is 9.53 Å². The van der Waals surface area contributed by atoms with E-state index in [2.05, 4.69) is 53.0 Å². The average Bonchev–Trinajstić information content (AvgIpc) is 2.58. The predicted octanol–water partition coefficient (Wildman–Crippen LogP) is 6.25. The van der Waals surface area contributed by atoms with Crippen molar-refractivity contribution in [1.29, 1.82) is 0 Å². The van der Waals surface area contributed by atoms with Crippen LogP contribution in [-0.4, -0.2) is 23.1 Å². The zero-order valence-corrected chi connectivity index (χ0v) is 18.0. The number of rotatable bonds is 12. The second-order valence-corrected chi connectivity index (χ2v) is 7.38. The molecular weight excluding hydrogens is 322 g/mol. The molecule has 0 aliphatic rings. The Labute approximate surface area is 161 Å². The summed E-state index contributed by atoms with van der Waals surface area (Å²) < 4.78 is 5.63. The van der Waals surface area contributed by atoms with Crippen molar-refractivity contribution >= 4 is 5.97 Å². The first-order chi connectivity index (χ1) is 12.1. The quantitative estimate of drug-likeness (QED) is 0.178. The van der Waals surface area contributed by atoms with Crippen LogP contribution in [0.25, 0.3) is 0 Å². The van der Waals surface area contributed by atoms with Crippen LogP contribution in [0.15, 0.2) is 48.7 Å². The highest BCUT2D eigenvalue weighted by molar-refractivity contribution is 5.66. The van der Waals surface area contributed by atoms with Crippen LogP contribution in [0.4, 0.5) is 0 Å². The Morgan fingerprint density at radius 1 is 1.23 bits per heavy atom. The molecule has 0 aliphatic heterocycles. The third kappa shape index (κ3) is 7.63. The Balaban J connectivity index is 5.87. The van der Waals surface area contributed by atoms with Crippen LogP contribution in [-0.2, 0) is 9.53 Å². The molecule has 2 atom stereocenters. The lowest BCUT2D eigenvalue weighted by Gasteiger charge is -2.40. The molecule has 0 aromatic heterocycles. The van der Waals surface area contributed by atoms with Gasteiger partial charge >= 0.3 is 5.97 Å². The van der Waals surface area contributed by atoms with E-state index in [0.29, 0.717) is 24.8 Å². The lowest BCUT2D eigenvalue weighted by molar-refractivity contribution is -0.172. The van der Waals surface area contributed by atoms with Crippen LogP contribution in [0.2, 0.25) is 0 Å². The maximum atomic E-state index is 11.6. The minimum Gasteiger partial charge on any atom is -0.439 e. The topological polar surface area (TPSA) is 29.5 Å². The third-order valence-corrected chi connectivity index (χ3v) is 4.87. The molecule has 3 nitrogen and oxygen atoms in total. The molecule has 0 N–H and O–H groups in total. The molecule has 0 fully saturated rings. The third-order valence-electron chi connectivity index (χ3n) is 4.87. The number of carbonyl (C=O) groups excluding carboxylic acids is 1. The van der Waals surface area contributed by atoms with Gasteiger partial charge < -0.3 is 9.64 Å². The van der Waals surface area contributed by atoms with Gasteiger partial charge in [-0.15, -0.1) is 0 Å². The van der Waals surface area contributed by atoms with Gasteiger partial charge in [0.25, 0.3) is 0 Å². The van der Waals surface area contributed by atoms with Gasteiger partial charge in [0.15, 0.2) is 5.72 Å². The Morgan fingerprint density at radius 3 is 2.23 bits per heavy atom. The summed E-state index contributed by atoms with van der Waals surface area (Å²) in [4.78, 5) is 13.6. The molecule has 0 aromatic carbocycles. The van der Waals surface area contributed by atoms with Crippen LogP contribution in [0.3, 0.4) is 0 Å². The van der Waals surface area contributed by atoms with Crippen molar-refractivity contribution in [3.05, 3.63) is 48.7 Å². The van der Waals surface area contributed by atoms with Gasteiger partial charge in [-0.25, -0.2) is 0 Å². The molecule has 0 heterocycles. The first-order valence-electron chi connectivity index (χ1n) is 9.74. The number of allylic oxidation sites excluding steroid dienone is 4. The molecule has 148 valence electrons. The van der Waals surface area contributed by atoms with Crippen molar-refractivity contribution in [3.63, 3.8) is 0 Å². The lowest BCUT2D eigenvalue weighted by Crippen LogP contribution is -2.47. The fourth-order valence-corrected chi connectivity index (χ4v) is 2.94. The first-order valence-corrected chi connectivity index (χ1v) is 9.74. The molecule has 0 rings (SSSR count). The van der Waals surface area contributed by atoms with Crippen molar-refractivity contribution in [1.82, 2.24) is 4.90 Å². The van der Waals surface area contributed by atoms with E-state index in [1.807, 2.05) is 24.8 Å². The number of ether oxygens (including phenoxy) is 1. The Morgan fingerprint density at radius 2 is 1.85 bits per heavy atom. The van der Waals surface area contributed by atoms with Crippen molar-refractivity contribution in [2.24, 2.45) is 11.8 Å². The highest BCUT2D eigenvalue weighted by Gasteiger charge is 2.31. The van der Waals surface area contributed by atoms with Gasteiger partial charge in [-0.05, 0) is 48.9 Å². The summed E-state index contributed by atoms with van der Waals surface area (Å²) in [6.07, 6.45) is 10.8. The molecular formula is C23H39NO2. The molecule has 2 unspecified atom stereocenters. The largest absolute Gasteiger partial charge is 0.439 e. The summed E-state index contributed by atoms with van der Waals surface area (Å²) in [7, 11) is 0. The van der Waals surface area contributed by atoms with Crippen molar-refractivity contribution in [2.75, 3.05) is 6.54 Å². The molecule has 0 aromatic rings. The number of esters is 1. The van der Waals surface area contributed by atoms with E-state index in [1.165, 1.54) is 18.1 Å². The molecule has 0 aliphatic carbocycles. The van der Waals surface area contributed by atoms with Gasteiger partial charge in [-0.3, -0.25) is 4.79 Å². The molecule has 0 radical (unpaired) electrons. The zero-order valence-electron chi connectivity index (χ0n) is 18.0. The molecule has 0 saturated carbocycles. The summed E-state index contributed by atoms with van der Waals surface area (Å²) in [5, 5.41) is 0. The predicted molar refractivity (Wildman–Crippen MR) is 113 cm³/mol. The fraction of sp³-hybridized carbons (Fsp3) is 0.609. The number of hydrogen-bond acceptors (Lipinski definition) is 3. The van der Waals surface area contributed by atoms with Crippen LogP contribution in [0.1, 0.15) is 67.7 Å². The van der Waals surface area contributed by atoms with Crippen molar-refractivity contribution in [2.45, 2.75) is 73.5 Å². The standard InChI is InChI=1S/C23H39NO2/c1-10-19(7)22(11-2)21(16-14-15-18(5)6)17-24(13-4)23(9,12-3)26-20(8)25/h11,13-15,18-19H,2,4,10,12,16-17H2,1,3,5-9H3/b15-14-,22-21+. The summed E-state index contributed by atoms with van der Waals surface area (Å²) in [6.45, 7) is 22.8. The minimum absolute atomic E-state index is 0.280. The monoisotopic (exact) mass is 361 g/mol. The SMILES string of the molecule is C=C/C(=C(/C/C=C\C(C)C)CN(C=C)C(C)(CC)OC(C)=O)C(C)CC. The molecule has 26 heavy (non-hydrogen) atoms. The summed E-state index contributed by atoms with van der Waals surface area (Å²) in [6, 6.07) is 0. The average molecular weight is 362 g/mol. The molecule has 0 amide bonds. The Kier molecular flexibility index (Phi) is 11.0. The summed E-state index contributed by atoms with van der Waals surface area (Å²) >= 11 is 0. The van der Waals surface area contributed by atoms with E-state index in [0.717, 1.165) is 12.8 Å². The Hall–Kier alpha value is -1.77. The van der Waals surface area contributed by atoms with Crippen LogP contribution in [0.5, 0.6) is 0 Å². The van der Waals surface area contributed by atoms with E-state index in [-0.39, 0.29) is 5.97 Å². The molecule has 0 saturated heterocycles. The highest BCUT2D eigenvalue weighted by Crippen LogP contribution is 2.28. The fourth-order valence-electron chi connectivity index (χ4n) is 2.94. The van der Waals surface area contributed by atoms with Gasteiger partial charge in [0.05, 0.1) is 0 Å². The van der Waals surface area contributed by atoms with E-state index >= 15 is 0 Å². The number of hydrogen-bond donors (Lipinski definition) is 0. The van der Waals surface area contributed by atoms with E-state index in [9.17, 15) is 4.79 Å².